The van der Waals surface area contributed by atoms with Crippen LogP contribution in [-0.2, 0) is 16.2 Å². The Morgan fingerprint density at radius 3 is 2.51 bits per heavy atom. The molecule has 1 spiro atoms. The number of methoxy groups -OCH3 is 1. The summed E-state index contributed by atoms with van der Waals surface area (Å²) in [6.07, 6.45) is 5.78. The van der Waals surface area contributed by atoms with Crippen LogP contribution in [0.4, 0.5) is 8.78 Å². The van der Waals surface area contributed by atoms with E-state index in [1.807, 2.05) is 6.92 Å². The first-order valence-electron chi connectivity index (χ1n) is 14.4. The molecule has 2 fully saturated rings. The van der Waals surface area contributed by atoms with Crippen LogP contribution in [0.25, 0.3) is 11.1 Å². The Kier molecular flexibility index (Phi) is 6.25. The number of carboxylic acids is 1. The molecule has 0 bridgehead atoms. The highest BCUT2D eigenvalue weighted by Gasteiger charge is 2.54. The maximum Gasteiger partial charge on any atom is 0.309 e. The highest BCUT2D eigenvalue weighted by molar-refractivity contribution is 6.35. The monoisotopic (exact) mass is 582 g/mol. The molecule has 2 aliphatic heterocycles. The minimum absolute atomic E-state index is 0.265. The highest BCUT2D eigenvalue weighted by atomic mass is 35.5. The number of allylic oxidation sites excluding steroid dienone is 2. The summed E-state index contributed by atoms with van der Waals surface area (Å²) in [4.78, 5) is 20.0. The van der Waals surface area contributed by atoms with E-state index in [2.05, 4.69) is 16.1 Å². The first-order chi connectivity index (χ1) is 19.6. The summed E-state index contributed by atoms with van der Waals surface area (Å²) in [7, 11) is 1.57. The Morgan fingerprint density at radius 2 is 1.90 bits per heavy atom. The zero-order valence-electron chi connectivity index (χ0n) is 23.2. The van der Waals surface area contributed by atoms with Crippen molar-refractivity contribution in [3.8, 4) is 16.9 Å². The molecule has 7 rings (SSSR count). The SMILES string of the molecule is COc1c(CN2CC3(CC(C4C5=C4CCC(C)(C(=O)O)CC5)=NO3)C2)cc(C2CC2)c(-c2ccc(F)cc2F)c1Cl. The Balaban J connectivity index is 1.03. The molecule has 0 unspecified atom stereocenters. The summed E-state index contributed by atoms with van der Waals surface area (Å²) in [5.74, 6) is -0.892. The molecule has 2 aromatic carbocycles. The first-order valence-corrected chi connectivity index (χ1v) is 14.8. The lowest BCUT2D eigenvalue weighted by molar-refractivity contribution is -0.148. The minimum Gasteiger partial charge on any atom is -0.495 e. The molecular weight excluding hydrogens is 550 g/mol. The van der Waals surface area contributed by atoms with Gasteiger partial charge in [0, 0.05) is 54.7 Å². The predicted molar refractivity (Wildman–Crippen MR) is 151 cm³/mol. The van der Waals surface area contributed by atoms with Crippen molar-refractivity contribution in [3.63, 3.8) is 0 Å². The number of nitrogens with zero attached hydrogens (tertiary/aromatic N) is 2. The lowest BCUT2D eigenvalue weighted by Crippen LogP contribution is -2.61. The quantitative estimate of drug-likeness (QED) is 0.353. The molecular formula is C32H33ClF2N2O4. The maximum atomic E-state index is 14.8. The number of hydrogen-bond acceptors (Lipinski definition) is 5. The molecule has 41 heavy (non-hydrogen) atoms. The number of carboxylic acid groups (broad SMARTS) is 1. The van der Waals surface area contributed by atoms with E-state index in [-0.39, 0.29) is 17.1 Å². The Hall–Kier alpha value is -2.97. The summed E-state index contributed by atoms with van der Waals surface area (Å²) in [6, 6.07) is 5.68. The summed E-state index contributed by atoms with van der Waals surface area (Å²) < 4.78 is 34.2. The Labute approximate surface area is 242 Å². The Bertz CT molecular complexity index is 1510. The third-order valence-electron chi connectivity index (χ3n) is 9.80. The number of carbonyl (C=O) groups is 1. The van der Waals surface area contributed by atoms with E-state index in [1.54, 1.807) is 7.11 Å². The topological polar surface area (TPSA) is 71.4 Å². The number of likely N-dealkylation sites (tertiary alicyclic amines) is 1. The number of ether oxygens (including phenoxy) is 1. The molecule has 3 aliphatic carbocycles. The second kappa shape index (κ2) is 9.53. The van der Waals surface area contributed by atoms with Gasteiger partial charge in [0.2, 0.25) is 0 Å². The van der Waals surface area contributed by atoms with Crippen LogP contribution >= 0.6 is 11.6 Å². The number of benzene rings is 2. The molecule has 5 aliphatic rings. The highest BCUT2D eigenvalue weighted by Crippen LogP contribution is 2.55. The van der Waals surface area contributed by atoms with E-state index < -0.39 is 23.0 Å². The summed E-state index contributed by atoms with van der Waals surface area (Å²) in [5.41, 5.74) is 5.64. The van der Waals surface area contributed by atoms with Crippen LogP contribution in [0.3, 0.4) is 0 Å². The molecule has 0 radical (unpaired) electrons. The van der Waals surface area contributed by atoms with Gasteiger partial charge in [-0.15, -0.1) is 0 Å². The van der Waals surface area contributed by atoms with Crippen molar-refractivity contribution in [1.29, 1.82) is 0 Å². The lowest BCUT2D eigenvalue weighted by atomic mass is 9.79. The van der Waals surface area contributed by atoms with Crippen molar-refractivity contribution in [2.75, 3.05) is 20.2 Å². The molecule has 1 N–H and O–H groups in total. The van der Waals surface area contributed by atoms with Crippen LogP contribution in [0.15, 0.2) is 40.6 Å². The van der Waals surface area contributed by atoms with E-state index in [9.17, 15) is 18.7 Å². The fourth-order valence-electron chi connectivity index (χ4n) is 7.21. The molecule has 1 saturated heterocycles. The van der Waals surface area contributed by atoms with E-state index in [0.29, 0.717) is 41.6 Å². The van der Waals surface area contributed by atoms with Crippen molar-refractivity contribution in [2.24, 2.45) is 16.5 Å². The summed E-state index contributed by atoms with van der Waals surface area (Å²) in [6.45, 7) is 3.92. The molecule has 2 heterocycles. The Morgan fingerprint density at radius 1 is 1.20 bits per heavy atom. The zero-order chi connectivity index (χ0) is 28.7. The maximum absolute atomic E-state index is 14.8. The van der Waals surface area contributed by atoms with E-state index in [4.69, 9.17) is 21.2 Å². The van der Waals surface area contributed by atoms with Gasteiger partial charge in [0.15, 0.2) is 5.60 Å². The van der Waals surface area contributed by atoms with Gasteiger partial charge in [-0.1, -0.05) is 27.9 Å². The third-order valence-corrected chi connectivity index (χ3v) is 10.2. The summed E-state index contributed by atoms with van der Waals surface area (Å²) in [5, 5.41) is 14.5. The second-order valence-electron chi connectivity index (χ2n) is 12.8. The van der Waals surface area contributed by atoms with Gasteiger partial charge in [-0.25, -0.2) is 8.78 Å². The van der Waals surface area contributed by atoms with Crippen molar-refractivity contribution < 1.29 is 28.3 Å². The van der Waals surface area contributed by atoms with Gasteiger partial charge in [0.25, 0.3) is 0 Å². The largest absolute Gasteiger partial charge is 0.495 e. The van der Waals surface area contributed by atoms with E-state index in [1.165, 1.54) is 23.3 Å². The van der Waals surface area contributed by atoms with Crippen molar-refractivity contribution in [2.45, 2.75) is 69.9 Å². The number of aliphatic carboxylic acids is 1. The van der Waals surface area contributed by atoms with E-state index >= 15 is 0 Å². The second-order valence-corrected chi connectivity index (χ2v) is 13.2. The molecule has 0 aromatic heterocycles. The smallest absolute Gasteiger partial charge is 0.309 e. The third kappa shape index (κ3) is 4.54. The van der Waals surface area contributed by atoms with Gasteiger partial charge in [-0.2, -0.15) is 0 Å². The molecule has 6 nitrogen and oxygen atoms in total. The average Bonchev–Trinajstić information content (AvgIpc) is 3.82. The van der Waals surface area contributed by atoms with Gasteiger partial charge in [-0.3, -0.25) is 9.69 Å². The normalized spacial score (nSPS) is 23.0. The zero-order valence-corrected chi connectivity index (χ0v) is 24.0. The van der Waals surface area contributed by atoms with Crippen LogP contribution in [-0.4, -0.2) is 47.5 Å². The van der Waals surface area contributed by atoms with Crippen molar-refractivity contribution in [1.82, 2.24) is 4.90 Å². The van der Waals surface area contributed by atoms with Gasteiger partial charge in [0.05, 0.1) is 23.3 Å². The number of oxime groups is 1. The van der Waals surface area contributed by atoms with Gasteiger partial charge >= 0.3 is 5.97 Å². The van der Waals surface area contributed by atoms with Crippen LogP contribution in [0.5, 0.6) is 5.75 Å². The lowest BCUT2D eigenvalue weighted by Gasteiger charge is -2.45. The molecule has 9 heteroatoms. The van der Waals surface area contributed by atoms with Crippen LogP contribution in [0.2, 0.25) is 5.02 Å². The number of halogens is 3. The van der Waals surface area contributed by atoms with Crippen molar-refractivity contribution >= 4 is 23.3 Å². The summed E-state index contributed by atoms with van der Waals surface area (Å²) >= 11 is 6.89. The predicted octanol–water partition coefficient (Wildman–Crippen LogP) is 7.09. The van der Waals surface area contributed by atoms with Gasteiger partial charge in [0.1, 0.15) is 17.4 Å². The van der Waals surface area contributed by atoms with Gasteiger partial charge < -0.3 is 14.7 Å². The van der Waals surface area contributed by atoms with Crippen LogP contribution < -0.4 is 4.74 Å². The fourth-order valence-corrected chi connectivity index (χ4v) is 7.62. The molecule has 2 aromatic rings. The first kappa shape index (κ1) is 26.9. The molecule has 216 valence electrons. The van der Waals surface area contributed by atoms with Crippen molar-refractivity contribution in [3.05, 3.63) is 63.2 Å². The average molecular weight is 583 g/mol. The number of hydrogen-bond donors (Lipinski definition) is 1. The molecule has 0 atom stereocenters. The van der Waals surface area contributed by atoms with E-state index in [0.717, 1.165) is 68.1 Å². The van der Waals surface area contributed by atoms with Crippen LogP contribution in [0, 0.1) is 23.0 Å². The minimum atomic E-state index is -0.703. The molecule has 0 amide bonds. The number of rotatable bonds is 7. The van der Waals surface area contributed by atoms with Gasteiger partial charge in [-0.05, 0) is 75.1 Å². The molecule has 1 saturated carbocycles. The fraction of sp³-hybridized carbons (Fsp3) is 0.500. The standard InChI is InChI=1S/C32H33ClF2N2O4/c1-31(30(38)39)9-7-20-21(8-10-31)26(20)25-13-32(41-36-25)15-37(16-32)14-18-11-23(17-3-4-17)27(28(33)29(18)40-2)22-6-5-19(34)12-24(22)35/h5-6,11-12,17,26H,3-4,7-10,13-16H2,1-2H3,(H,38,39). The van der Waals surface area contributed by atoms with Crippen LogP contribution in [0.1, 0.15) is 68.9 Å².